The first-order valence-electron chi connectivity index (χ1n) is 6.61. The van der Waals surface area contributed by atoms with E-state index in [0.717, 1.165) is 25.3 Å². The summed E-state index contributed by atoms with van der Waals surface area (Å²) in [6.07, 6.45) is 2.76. The summed E-state index contributed by atoms with van der Waals surface area (Å²) in [7, 11) is 0. The van der Waals surface area contributed by atoms with Crippen LogP contribution in [0, 0.1) is 5.41 Å². The summed E-state index contributed by atoms with van der Waals surface area (Å²) in [5, 5.41) is 3.37. The summed E-state index contributed by atoms with van der Waals surface area (Å²) in [5.41, 5.74) is 1.34. The largest absolute Gasteiger partial charge is 0.493 e. The van der Waals surface area contributed by atoms with Gasteiger partial charge >= 0.3 is 0 Å². The molecular weight excluding hydrogens is 222 g/mol. The van der Waals surface area contributed by atoms with Crippen molar-refractivity contribution < 1.29 is 4.74 Å². The Hall–Kier alpha value is -1.28. The average Bonchev–Trinajstić information content (AvgIpc) is 2.36. The lowest BCUT2D eigenvalue weighted by atomic mass is 9.95. The zero-order valence-corrected chi connectivity index (χ0v) is 11.8. The maximum Gasteiger partial charge on any atom is 0.122 e. The Morgan fingerprint density at radius 1 is 1.33 bits per heavy atom. The Morgan fingerprint density at radius 3 is 2.72 bits per heavy atom. The molecular formula is C16H25NO. The van der Waals surface area contributed by atoms with Gasteiger partial charge in [-0.05, 0) is 24.6 Å². The van der Waals surface area contributed by atoms with Crippen LogP contribution in [0.25, 0.3) is 0 Å². The standard InChI is InChI=1S/C16H25NO/c1-5-9-14-10-7-8-11-15(14)18-13-16(3,4)12-17-6-2/h5,7-8,10-11,17H,1,6,9,12-13H2,2-4H3. The lowest BCUT2D eigenvalue weighted by Gasteiger charge is -2.25. The predicted molar refractivity (Wildman–Crippen MR) is 78.2 cm³/mol. The second-order valence-corrected chi connectivity index (χ2v) is 5.33. The van der Waals surface area contributed by atoms with Crippen molar-refractivity contribution in [1.29, 1.82) is 0 Å². The van der Waals surface area contributed by atoms with Crippen LogP contribution in [0.3, 0.4) is 0 Å². The molecule has 0 unspecified atom stereocenters. The van der Waals surface area contributed by atoms with Gasteiger partial charge in [0.05, 0.1) is 6.61 Å². The van der Waals surface area contributed by atoms with E-state index in [4.69, 9.17) is 4.74 Å². The zero-order chi connectivity index (χ0) is 13.4. The molecule has 2 nitrogen and oxygen atoms in total. The van der Waals surface area contributed by atoms with E-state index in [2.05, 4.69) is 38.7 Å². The molecule has 0 amide bonds. The third-order valence-electron chi connectivity index (χ3n) is 2.81. The van der Waals surface area contributed by atoms with Crippen molar-refractivity contribution in [2.45, 2.75) is 27.2 Å². The summed E-state index contributed by atoms with van der Waals surface area (Å²) < 4.78 is 5.96. The summed E-state index contributed by atoms with van der Waals surface area (Å²) >= 11 is 0. The average molecular weight is 247 g/mol. The molecule has 0 spiro atoms. The maximum atomic E-state index is 5.96. The maximum absolute atomic E-state index is 5.96. The van der Waals surface area contributed by atoms with Crippen LogP contribution in [-0.4, -0.2) is 19.7 Å². The van der Waals surface area contributed by atoms with E-state index in [1.54, 1.807) is 0 Å². The summed E-state index contributed by atoms with van der Waals surface area (Å²) in [4.78, 5) is 0. The van der Waals surface area contributed by atoms with E-state index in [1.165, 1.54) is 5.56 Å². The van der Waals surface area contributed by atoms with Gasteiger partial charge < -0.3 is 10.1 Å². The van der Waals surface area contributed by atoms with Crippen molar-refractivity contribution in [1.82, 2.24) is 5.32 Å². The van der Waals surface area contributed by atoms with Gasteiger partial charge in [-0.25, -0.2) is 0 Å². The fraction of sp³-hybridized carbons (Fsp3) is 0.500. The number of hydrogen-bond donors (Lipinski definition) is 1. The van der Waals surface area contributed by atoms with Gasteiger partial charge in [-0.2, -0.15) is 0 Å². The highest BCUT2D eigenvalue weighted by Crippen LogP contribution is 2.22. The van der Waals surface area contributed by atoms with Crippen LogP contribution >= 0.6 is 0 Å². The van der Waals surface area contributed by atoms with Crippen molar-refractivity contribution in [3.8, 4) is 5.75 Å². The molecule has 0 saturated heterocycles. The first kappa shape index (κ1) is 14.8. The molecule has 0 aliphatic heterocycles. The highest BCUT2D eigenvalue weighted by molar-refractivity contribution is 5.34. The number of rotatable bonds is 8. The van der Waals surface area contributed by atoms with Crippen LogP contribution in [0.15, 0.2) is 36.9 Å². The fourth-order valence-corrected chi connectivity index (χ4v) is 1.76. The van der Waals surface area contributed by atoms with Crippen LogP contribution in [0.1, 0.15) is 26.3 Å². The molecule has 0 aliphatic rings. The number of para-hydroxylation sites is 1. The SMILES string of the molecule is C=CCc1ccccc1OCC(C)(C)CNCC. The number of benzene rings is 1. The third-order valence-corrected chi connectivity index (χ3v) is 2.81. The van der Waals surface area contributed by atoms with Crippen LogP contribution in [0.5, 0.6) is 5.75 Å². The van der Waals surface area contributed by atoms with Gasteiger partial charge in [0, 0.05) is 12.0 Å². The molecule has 0 radical (unpaired) electrons. The van der Waals surface area contributed by atoms with Crippen molar-refractivity contribution in [3.63, 3.8) is 0 Å². The molecule has 0 bridgehead atoms. The van der Waals surface area contributed by atoms with Crippen LogP contribution in [0.2, 0.25) is 0 Å². The number of allylic oxidation sites excluding steroid dienone is 1. The molecule has 1 N–H and O–H groups in total. The van der Waals surface area contributed by atoms with Gasteiger partial charge in [0.2, 0.25) is 0 Å². The summed E-state index contributed by atoms with van der Waals surface area (Å²) in [6.45, 7) is 13.0. The lowest BCUT2D eigenvalue weighted by molar-refractivity contribution is 0.176. The highest BCUT2D eigenvalue weighted by Gasteiger charge is 2.18. The second-order valence-electron chi connectivity index (χ2n) is 5.33. The molecule has 0 aromatic heterocycles. The minimum Gasteiger partial charge on any atom is -0.493 e. The molecule has 1 aromatic rings. The van der Waals surface area contributed by atoms with Crippen molar-refractivity contribution in [2.24, 2.45) is 5.41 Å². The van der Waals surface area contributed by atoms with Crippen LogP contribution in [-0.2, 0) is 6.42 Å². The normalized spacial score (nSPS) is 11.3. The molecule has 1 rings (SSSR count). The molecule has 0 fully saturated rings. The first-order chi connectivity index (χ1) is 8.59. The van der Waals surface area contributed by atoms with E-state index in [0.29, 0.717) is 6.61 Å². The number of ether oxygens (including phenoxy) is 1. The van der Waals surface area contributed by atoms with Crippen LogP contribution in [0.4, 0.5) is 0 Å². The minimum atomic E-state index is 0.136. The fourth-order valence-electron chi connectivity index (χ4n) is 1.76. The zero-order valence-electron chi connectivity index (χ0n) is 11.8. The van der Waals surface area contributed by atoms with E-state index < -0.39 is 0 Å². The third kappa shape index (κ3) is 4.92. The van der Waals surface area contributed by atoms with E-state index >= 15 is 0 Å². The first-order valence-corrected chi connectivity index (χ1v) is 6.61. The van der Waals surface area contributed by atoms with Gasteiger partial charge in [-0.1, -0.05) is 45.0 Å². The Labute approximate surface area is 111 Å². The Morgan fingerprint density at radius 2 is 2.06 bits per heavy atom. The van der Waals surface area contributed by atoms with Crippen molar-refractivity contribution >= 4 is 0 Å². The number of hydrogen-bond acceptors (Lipinski definition) is 2. The molecule has 0 heterocycles. The van der Waals surface area contributed by atoms with E-state index in [9.17, 15) is 0 Å². The van der Waals surface area contributed by atoms with Crippen molar-refractivity contribution in [3.05, 3.63) is 42.5 Å². The number of nitrogens with one attached hydrogen (secondary N) is 1. The molecule has 1 aromatic carbocycles. The summed E-state index contributed by atoms with van der Waals surface area (Å²) in [5.74, 6) is 0.974. The molecule has 100 valence electrons. The van der Waals surface area contributed by atoms with E-state index in [-0.39, 0.29) is 5.41 Å². The van der Waals surface area contributed by atoms with Gasteiger partial charge in [0.15, 0.2) is 0 Å². The molecule has 18 heavy (non-hydrogen) atoms. The minimum absolute atomic E-state index is 0.136. The Balaban J connectivity index is 2.59. The van der Waals surface area contributed by atoms with Gasteiger partial charge in [-0.3, -0.25) is 0 Å². The van der Waals surface area contributed by atoms with E-state index in [1.807, 2.05) is 24.3 Å². The topological polar surface area (TPSA) is 21.3 Å². The molecule has 2 heteroatoms. The van der Waals surface area contributed by atoms with Gasteiger partial charge in [-0.15, -0.1) is 6.58 Å². The van der Waals surface area contributed by atoms with Gasteiger partial charge in [0.25, 0.3) is 0 Å². The smallest absolute Gasteiger partial charge is 0.122 e. The van der Waals surface area contributed by atoms with Crippen LogP contribution < -0.4 is 10.1 Å². The highest BCUT2D eigenvalue weighted by atomic mass is 16.5. The Bertz CT molecular complexity index is 371. The molecule has 0 atom stereocenters. The van der Waals surface area contributed by atoms with Crippen molar-refractivity contribution in [2.75, 3.05) is 19.7 Å². The Kier molecular flexibility index (Phi) is 5.93. The molecule has 0 aliphatic carbocycles. The lowest BCUT2D eigenvalue weighted by Crippen LogP contribution is -2.34. The molecule has 0 saturated carbocycles. The van der Waals surface area contributed by atoms with Gasteiger partial charge in [0.1, 0.15) is 5.75 Å². The quantitative estimate of drug-likeness (QED) is 0.711. The summed E-state index contributed by atoms with van der Waals surface area (Å²) in [6, 6.07) is 8.17. The predicted octanol–water partition coefficient (Wildman–Crippen LogP) is 3.43. The monoisotopic (exact) mass is 247 g/mol. The second kappa shape index (κ2) is 7.22.